The summed E-state index contributed by atoms with van der Waals surface area (Å²) < 4.78 is 0. The summed E-state index contributed by atoms with van der Waals surface area (Å²) in [5.41, 5.74) is 0. The van der Waals surface area contributed by atoms with Crippen LogP contribution in [0.2, 0.25) is 0 Å². The van der Waals surface area contributed by atoms with Gasteiger partial charge in [-0.25, -0.2) is 0 Å². The van der Waals surface area contributed by atoms with Crippen molar-refractivity contribution in [2.75, 3.05) is 39.8 Å². The molecule has 0 radical (unpaired) electrons. The highest BCUT2D eigenvalue weighted by Gasteiger charge is 2.25. The van der Waals surface area contributed by atoms with Crippen LogP contribution >= 0.6 is 0 Å². The fourth-order valence-electron chi connectivity index (χ4n) is 3.12. The maximum absolute atomic E-state index is 3.39. The van der Waals surface area contributed by atoms with Crippen LogP contribution in [0.1, 0.15) is 39.0 Å². The SMILES string of the molecule is CCCN(CCC1CCCCN1C)C1CNC1. The zero-order valence-electron chi connectivity index (χ0n) is 11.6. The van der Waals surface area contributed by atoms with Crippen LogP contribution in [0.5, 0.6) is 0 Å². The van der Waals surface area contributed by atoms with E-state index in [1.165, 1.54) is 64.8 Å². The van der Waals surface area contributed by atoms with Gasteiger partial charge >= 0.3 is 0 Å². The van der Waals surface area contributed by atoms with Crippen molar-refractivity contribution < 1.29 is 0 Å². The largest absolute Gasteiger partial charge is 0.314 e. The standard InChI is InChI=1S/C14H29N3/c1-3-8-17(14-11-15-12-14)10-7-13-6-4-5-9-16(13)2/h13-15H,3-12H2,1-2H3. The summed E-state index contributed by atoms with van der Waals surface area (Å²) >= 11 is 0. The summed E-state index contributed by atoms with van der Waals surface area (Å²) in [5, 5.41) is 3.39. The molecule has 0 aliphatic carbocycles. The molecule has 2 heterocycles. The molecule has 0 bridgehead atoms. The fourth-order valence-corrected chi connectivity index (χ4v) is 3.12. The Morgan fingerprint density at radius 3 is 2.65 bits per heavy atom. The minimum Gasteiger partial charge on any atom is -0.314 e. The lowest BCUT2D eigenvalue weighted by molar-refractivity contribution is 0.112. The Hall–Kier alpha value is -0.120. The van der Waals surface area contributed by atoms with E-state index >= 15 is 0 Å². The second kappa shape index (κ2) is 6.72. The smallest absolute Gasteiger partial charge is 0.0345 e. The van der Waals surface area contributed by atoms with Gasteiger partial charge in [0.2, 0.25) is 0 Å². The number of hydrogen-bond donors (Lipinski definition) is 1. The molecule has 0 aromatic rings. The van der Waals surface area contributed by atoms with Gasteiger partial charge in [-0.15, -0.1) is 0 Å². The third kappa shape index (κ3) is 3.67. The van der Waals surface area contributed by atoms with E-state index in [0.29, 0.717) is 0 Å². The van der Waals surface area contributed by atoms with Crippen LogP contribution in [0.15, 0.2) is 0 Å². The van der Waals surface area contributed by atoms with Gasteiger partial charge in [0.1, 0.15) is 0 Å². The van der Waals surface area contributed by atoms with Gasteiger partial charge in [0.15, 0.2) is 0 Å². The molecule has 2 rings (SSSR count). The molecule has 0 saturated carbocycles. The van der Waals surface area contributed by atoms with E-state index in [1.807, 2.05) is 0 Å². The molecule has 3 heteroatoms. The number of likely N-dealkylation sites (tertiary alicyclic amines) is 1. The lowest BCUT2D eigenvalue weighted by atomic mass is 9.99. The zero-order valence-corrected chi connectivity index (χ0v) is 11.6. The van der Waals surface area contributed by atoms with Crippen molar-refractivity contribution in [2.24, 2.45) is 0 Å². The van der Waals surface area contributed by atoms with Crippen LogP contribution < -0.4 is 5.32 Å². The highest BCUT2D eigenvalue weighted by atomic mass is 15.2. The van der Waals surface area contributed by atoms with Crippen molar-refractivity contribution in [1.29, 1.82) is 0 Å². The second-order valence-electron chi connectivity index (χ2n) is 5.77. The van der Waals surface area contributed by atoms with Crippen molar-refractivity contribution in [3.8, 4) is 0 Å². The first kappa shape index (κ1) is 13.3. The van der Waals surface area contributed by atoms with Crippen molar-refractivity contribution in [3.05, 3.63) is 0 Å². The van der Waals surface area contributed by atoms with Gasteiger partial charge in [0.25, 0.3) is 0 Å². The topological polar surface area (TPSA) is 18.5 Å². The maximum Gasteiger partial charge on any atom is 0.0345 e. The van der Waals surface area contributed by atoms with Crippen LogP contribution in [0.25, 0.3) is 0 Å². The Morgan fingerprint density at radius 2 is 2.06 bits per heavy atom. The van der Waals surface area contributed by atoms with Crippen molar-refractivity contribution in [3.63, 3.8) is 0 Å². The van der Waals surface area contributed by atoms with Crippen LogP contribution in [-0.2, 0) is 0 Å². The molecule has 100 valence electrons. The first-order chi connectivity index (χ1) is 8.31. The molecule has 0 aromatic heterocycles. The summed E-state index contributed by atoms with van der Waals surface area (Å²) in [6, 6.07) is 1.67. The average Bonchev–Trinajstić information content (AvgIpc) is 2.25. The molecule has 0 spiro atoms. The molecule has 1 atom stereocenters. The summed E-state index contributed by atoms with van der Waals surface area (Å²) in [4.78, 5) is 5.28. The van der Waals surface area contributed by atoms with E-state index in [0.717, 1.165) is 12.1 Å². The van der Waals surface area contributed by atoms with E-state index < -0.39 is 0 Å². The fraction of sp³-hybridized carbons (Fsp3) is 1.00. The number of piperidine rings is 1. The van der Waals surface area contributed by atoms with Crippen LogP contribution in [0.4, 0.5) is 0 Å². The summed E-state index contributed by atoms with van der Waals surface area (Å²) in [6.07, 6.45) is 6.91. The molecule has 17 heavy (non-hydrogen) atoms. The molecule has 2 fully saturated rings. The first-order valence-electron chi connectivity index (χ1n) is 7.46. The van der Waals surface area contributed by atoms with Crippen molar-refractivity contribution in [1.82, 2.24) is 15.1 Å². The Kier molecular flexibility index (Phi) is 5.26. The highest BCUT2D eigenvalue weighted by molar-refractivity contribution is 4.85. The Morgan fingerprint density at radius 1 is 1.24 bits per heavy atom. The van der Waals surface area contributed by atoms with Crippen molar-refractivity contribution >= 4 is 0 Å². The lowest BCUT2D eigenvalue weighted by Crippen LogP contribution is -2.58. The normalized spacial score (nSPS) is 27.4. The first-order valence-corrected chi connectivity index (χ1v) is 7.46. The summed E-state index contributed by atoms with van der Waals surface area (Å²) in [7, 11) is 2.30. The maximum atomic E-state index is 3.39. The predicted octanol–water partition coefficient (Wildman–Crippen LogP) is 1.54. The number of rotatable bonds is 6. The minimum absolute atomic E-state index is 0.823. The van der Waals surface area contributed by atoms with Gasteiger partial charge in [-0.1, -0.05) is 13.3 Å². The Bertz CT molecular complexity index is 216. The number of nitrogens with zero attached hydrogens (tertiary/aromatic N) is 2. The number of hydrogen-bond acceptors (Lipinski definition) is 3. The van der Waals surface area contributed by atoms with E-state index in [-0.39, 0.29) is 0 Å². The van der Waals surface area contributed by atoms with Gasteiger partial charge in [-0.3, -0.25) is 4.90 Å². The van der Waals surface area contributed by atoms with Gasteiger partial charge < -0.3 is 10.2 Å². The van der Waals surface area contributed by atoms with Gasteiger partial charge in [-0.2, -0.15) is 0 Å². The molecule has 2 saturated heterocycles. The molecule has 2 aliphatic rings. The Labute approximate surface area is 107 Å². The molecule has 1 unspecified atom stereocenters. The van der Waals surface area contributed by atoms with Crippen molar-refractivity contribution in [2.45, 2.75) is 51.1 Å². The van der Waals surface area contributed by atoms with Crippen LogP contribution in [-0.4, -0.2) is 61.7 Å². The third-order valence-electron chi connectivity index (χ3n) is 4.46. The lowest BCUT2D eigenvalue weighted by Gasteiger charge is -2.40. The number of nitrogens with one attached hydrogen (secondary N) is 1. The summed E-state index contributed by atoms with van der Waals surface area (Å²) in [5.74, 6) is 0. The predicted molar refractivity (Wildman–Crippen MR) is 73.4 cm³/mol. The molecule has 1 N–H and O–H groups in total. The van der Waals surface area contributed by atoms with E-state index in [4.69, 9.17) is 0 Å². The monoisotopic (exact) mass is 239 g/mol. The zero-order chi connectivity index (χ0) is 12.1. The molecule has 0 aromatic carbocycles. The average molecular weight is 239 g/mol. The third-order valence-corrected chi connectivity index (χ3v) is 4.46. The summed E-state index contributed by atoms with van der Waals surface area (Å²) in [6.45, 7) is 8.61. The van der Waals surface area contributed by atoms with Crippen LogP contribution in [0.3, 0.4) is 0 Å². The second-order valence-corrected chi connectivity index (χ2v) is 5.77. The van der Waals surface area contributed by atoms with E-state index in [2.05, 4.69) is 29.1 Å². The highest BCUT2D eigenvalue weighted by Crippen LogP contribution is 2.19. The quantitative estimate of drug-likeness (QED) is 0.758. The molecule has 2 aliphatic heterocycles. The minimum atomic E-state index is 0.823. The molecule has 0 amide bonds. The van der Waals surface area contributed by atoms with Gasteiger partial charge in [-0.05, 0) is 45.8 Å². The molecule has 3 nitrogen and oxygen atoms in total. The Balaban J connectivity index is 1.73. The van der Waals surface area contributed by atoms with Crippen LogP contribution in [0, 0.1) is 0 Å². The molecular formula is C14H29N3. The van der Waals surface area contributed by atoms with E-state index in [1.54, 1.807) is 0 Å². The van der Waals surface area contributed by atoms with Gasteiger partial charge in [0, 0.05) is 31.7 Å². The van der Waals surface area contributed by atoms with Gasteiger partial charge in [0.05, 0.1) is 0 Å². The molecular weight excluding hydrogens is 210 g/mol. The van der Waals surface area contributed by atoms with E-state index in [9.17, 15) is 0 Å².